The van der Waals surface area contributed by atoms with E-state index in [-0.39, 0.29) is 35.8 Å². The third kappa shape index (κ3) is 5.92. The summed E-state index contributed by atoms with van der Waals surface area (Å²) in [6.45, 7) is 4.26. The van der Waals surface area contributed by atoms with Crippen LogP contribution in [-0.4, -0.2) is 34.0 Å². The number of hydrogen-bond acceptors (Lipinski definition) is 4. The molecular weight excluding hydrogens is 326 g/mol. The second-order valence-electron chi connectivity index (χ2n) is 5.29. The van der Waals surface area contributed by atoms with Gasteiger partial charge in [-0.25, -0.2) is 13.1 Å². The molecule has 8 heteroatoms. The highest BCUT2D eigenvalue weighted by Crippen LogP contribution is 2.13. The number of nitrogens with one attached hydrogen (secondary N) is 2. The van der Waals surface area contributed by atoms with Gasteiger partial charge in [0.15, 0.2) is 0 Å². The topological polar surface area (TPSA) is 101 Å². The van der Waals surface area contributed by atoms with Gasteiger partial charge < -0.3 is 11.1 Å². The second-order valence-corrected chi connectivity index (χ2v) is 7.00. The molecule has 1 amide bonds. The standard InChI is InChI=1S/C14H23N3O3S.ClH/c1-10(2)8-12(9-15)17-21(19,20)13-6-4-11(5-7-13)14(18)16-3;/h4-7,10,12,17H,8-9,15H2,1-3H3,(H,16,18);1H. The second kappa shape index (κ2) is 9.09. The predicted molar refractivity (Wildman–Crippen MR) is 89.7 cm³/mol. The van der Waals surface area contributed by atoms with Crippen LogP contribution in [0.15, 0.2) is 29.2 Å². The normalized spacial score (nSPS) is 12.6. The molecule has 0 heterocycles. The first kappa shape index (κ1) is 20.9. The van der Waals surface area contributed by atoms with Gasteiger partial charge in [0, 0.05) is 25.2 Å². The number of benzene rings is 1. The van der Waals surface area contributed by atoms with Gasteiger partial charge in [-0.05, 0) is 36.6 Å². The summed E-state index contributed by atoms with van der Waals surface area (Å²) in [7, 11) is -2.11. The van der Waals surface area contributed by atoms with E-state index in [2.05, 4.69) is 10.0 Å². The molecule has 126 valence electrons. The fourth-order valence-electron chi connectivity index (χ4n) is 1.98. The van der Waals surface area contributed by atoms with Crippen LogP contribution in [0, 0.1) is 5.92 Å². The number of nitrogens with two attached hydrogens (primary N) is 1. The maximum absolute atomic E-state index is 12.3. The lowest BCUT2D eigenvalue weighted by atomic mass is 10.1. The van der Waals surface area contributed by atoms with Crippen LogP contribution in [0.4, 0.5) is 0 Å². The average molecular weight is 350 g/mol. The van der Waals surface area contributed by atoms with Crippen molar-refractivity contribution < 1.29 is 13.2 Å². The van der Waals surface area contributed by atoms with E-state index in [0.29, 0.717) is 17.9 Å². The molecule has 0 saturated carbocycles. The van der Waals surface area contributed by atoms with Crippen LogP contribution in [0.1, 0.15) is 30.6 Å². The molecule has 0 bridgehead atoms. The zero-order chi connectivity index (χ0) is 16.0. The number of rotatable bonds is 7. The number of sulfonamides is 1. The molecule has 0 spiro atoms. The summed E-state index contributed by atoms with van der Waals surface area (Å²) >= 11 is 0. The van der Waals surface area contributed by atoms with E-state index >= 15 is 0 Å². The van der Waals surface area contributed by atoms with Crippen molar-refractivity contribution in [2.75, 3.05) is 13.6 Å². The Kier molecular flexibility index (Phi) is 8.62. The highest BCUT2D eigenvalue weighted by atomic mass is 35.5. The number of amides is 1. The minimum atomic E-state index is -3.63. The minimum Gasteiger partial charge on any atom is -0.355 e. The lowest BCUT2D eigenvalue weighted by Crippen LogP contribution is -2.40. The van der Waals surface area contributed by atoms with Gasteiger partial charge in [-0.2, -0.15) is 0 Å². The van der Waals surface area contributed by atoms with Gasteiger partial charge in [0.05, 0.1) is 4.90 Å². The van der Waals surface area contributed by atoms with Gasteiger partial charge in [-0.1, -0.05) is 13.8 Å². The molecule has 0 radical (unpaired) electrons. The Morgan fingerprint density at radius 3 is 2.18 bits per heavy atom. The molecule has 4 N–H and O–H groups in total. The molecule has 0 aliphatic carbocycles. The lowest BCUT2D eigenvalue weighted by molar-refractivity contribution is 0.0963. The molecule has 0 fully saturated rings. The van der Waals surface area contributed by atoms with Crippen LogP contribution in [-0.2, 0) is 10.0 Å². The van der Waals surface area contributed by atoms with Crippen LogP contribution < -0.4 is 15.8 Å². The summed E-state index contributed by atoms with van der Waals surface area (Å²) in [5.74, 6) is 0.0865. The first-order valence-corrected chi connectivity index (χ1v) is 8.33. The van der Waals surface area contributed by atoms with Crippen LogP contribution in [0.25, 0.3) is 0 Å². The average Bonchev–Trinajstić information content (AvgIpc) is 2.45. The lowest BCUT2D eigenvalue weighted by Gasteiger charge is -2.18. The van der Waals surface area contributed by atoms with Crippen molar-refractivity contribution in [2.24, 2.45) is 11.7 Å². The maximum atomic E-state index is 12.3. The van der Waals surface area contributed by atoms with E-state index < -0.39 is 10.0 Å². The predicted octanol–water partition coefficient (Wildman–Crippen LogP) is 1.12. The van der Waals surface area contributed by atoms with Crippen LogP contribution >= 0.6 is 12.4 Å². The zero-order valence-electron chi connectivity index (χ0n) is 13.0. The van der Waals surface area contributed by atoms with Crippen molar-refractivity contribution >= 4 is 28.3 Å². The van der Waals surface area contributed by atoms with E-state index in [0.717, 1.165) is 0 Å². The Labute approximate surface area is 138 Å². The maximum Gasteiger partial charge on any atom is 0.251 e. The summed E-state index contributed by atoms with van der Waals surface area (Å²) in [6.07, 6.45) is 0.673. The van der Waals surface area contributed by atoms with Gasteiger partial charge in [-0.15, -0.1) is 12.4 Å². The molecule has 0 aliphatic heterocycles. The van der Waals surface area contributed by atoms with E-state index in [1.807, 2.05) is 13.8 Å². The van der Waals surface area contributed by atoms with E-state index in [1.54, 1.807) is 0 Å². The van der Waals surface area contributed by atoms with Crippen molar-refractivity contribution in [1.29, 1.82) is 0 Å². The molecule has 0 aromatic heterocycles. The summed E-state index contributed by atoms with van der Waals surface area (Å²) in [6, 6.07) is 5.49. The molecule has 0 aliphatic rings. The molecule has 1 rings (SSSR count). The van der Waals surface area contributed by atoms with Crippen LogP contribution in [0.3, 0.4) is 0 Å². The molecule has 0 saturated heterocycles. The molecule has 1 atom stereocenters. The van der Waals surface area contributed by atoms with Crippen molar-refractivity contribution in [1.82, 2.24) is 10.0 Å². The Balaban J connectivity index is 0.00000441. The molecule has 22 heavy (non-hydrogen) atoms. The van der Waals surface area contributed by atoms with Gasteiger partial charge in [0.25, 0.3) is 5.91 Å². The van der Waals surface area contributed by atoms with Crippen molar-refractivity contribution in [3.05, 3.63) is 29.8 Å². The van der Waals surface area contributed by atoms with Gasteiger partial charge in [0.2, 0.25) is 10.0 Å². The number of carbonyl (C=O) groups excluding carboxylic acids is 1. The third-order valence-corrected chi connectivity index (χ3v) is 4.55. The van der Waals surface area contributed by atoms with Crippen LogP contribution in [0.5, 0.6) is 0 Å². The Hall–Kier alpha value is -1.15. The fourth-order valence-corrected chi connectivity index (χ4v) is 3.24. The molecule has 6 nitrogen and oxygen atoms in total. The largest absolute Gasteiger partial charge is 0.355 e. The SMILES string of the molecule is CNC(=O)c1ccc(S(=O)(=O)NC(CN)CC(C)C)cc1.Cl. The summed E-state index contributed by atoms with van der Waals surface area (Å²) in [5, 5.41) is 2.48. The van der Waals surface area contributed by atoms with Crippen molar-refractivity contribution in [3.8, 4) is 0 Å². The van der Waals surface area contributed by atoms with Gasteiger partial charge >= 0.3 is 0 Å². The highest BCUT2D eigenvalue weighted by molar-refractivity contribution is 7.89. The fraction of sp³-hybridized carbons (Fsp3) is 0.500. The summed E-state index contributed by atoms with van der Waals surface area (Å²) < 4.78 is 27.1. The molecule has 1 unspecified atom stereocenters. The zero-order valence-corrected chi connectivity index (χ0v) is 14.6. The Morgan fingerprint density at radius 2 is 1.77 bits per heavy atom. The first-order chi connectivity index (χ1) is 9.80. The number of hydrogen-bond donors (Lipinski definition) is 3. The molecular formula is C14H24ClN3O3S. The number of carbonyl (C=O) groups is 1. The first-order valence-electron chi connectivity index (χ1n) is 6.84. The summed E-state index contributed by atoms with van der Waals surface area (Å²) in [5.41, 5.74) is 6.02. The van der Waals surface area contributed by atoms with Crippen LogP contribution in [0.2, 0.25) is 0 Å². The molecule has 1 aromatic carbocycles. The van der Waals surface area contributed by atoms with E-state index in [1.165, 1.54) is 31.3 Å². The van der Waals surface area contributed by atoms with Crippen molar-refractivity contribution in [2.45, 2.75) is 31.2 Å². The quantitative estimate of drug-likeness (QED) is 0.686. The Morgan fingerprint density at radius 1 is 1.23 bits per heavy atom. The van der Waals surface area contributed by atoms with E-state index in [4.69, 9.17) is 5.73 Å². The van der Waals surface area contributed by atoms with Crippen molar-refractivity contribution in [3.63, 3.8) is 0 Å². The smallest absolute Gasteiger partial charge is 0.251 e. The highest BCUT2D eigenvalue weighted by Gasteiger charge is 2.20. The molecule has 1 aromatic rings. The van der Waals surface area contributed by atoms with Gasteiger partial charge in [-0.3, -0.25) is 4.79 Å². The number of halogens is 1. The minimum absolute atomic E-state index is 0. The monoisotopic (exact) mass is 349 g/mol. The summed E-state index contributed by atoms with van der Waals surface area (Å²) in [4.78, 5) is 11.5. The van der Waals surface area contributed by atoms with E-state index in [9.17, 15) is 13.2 Å². The Bertz CT molecular complexity index is 574. The van der Waals surface area contributed by atoms with Gasteiger partial charge in [0.1, 0.15) is 0 Å². The third-order valence-electron chi connectivity index (χ3n) is 3.02.